The summed E-state index contributed by atoms with van der Waals surface area (Å²) < 4.78 is 5.44. The fraction of sp³-hybridized carbons (Fsp3) is 0.435. The van der Waals surface area contributed by atoms with E-state index in [2.05, 4.69) is 22.3 Å². The van der Waals surface area contributed by atoms with Crippen molar-refractivity contribution in [3.05, 3.63) is 65.7 Å². The van der Waals surface area contributed by atoms with Crippen LogP contribution < -0.4 is 11.1 Å². The average Bonchev–Trinajstić information content (AvgIpc) is 3.55. The number of carbonyl (C=O) groups excluding carboxylic acids is 1. The Labute approximate surface area is 166 Å². The monoisotopic (exact) mass is 379 g/mol. The number of rotatable bonds is 7. The van der Waals surface area contributed by atoms with Crippen LogP contribution >= 0.6 is 0 Å². The highest BCUT2D eigenvalue weighted by atomic mass is 16.5. The number of nitrogens with zero attached hydrogens (tertiary/aromatic N) is 1. The molecule has 2 aliphatic rings. The molecule has 0 radical (unpaired) electrons. The van der Waals surface area contributed by atoms with E-state index in [-0.39, 0.29) is 5.91 Å². The van der Waals surface area contributed by atoms with Gasteiger partial charge in [-0.3, -0.25) is 9.69 Å². The minimum absolute atomic E-state index is 0.188. The molecule has 1 aliphatic heterocycles. The van der Waals surface area contributed by atoms with Crippen LogP contribution in [0.1, 0.15) is 36.4 Å². The van der Waals surface area contributed by atoms with Gasteiger partial charge in [-0.15, -0.1) is 0 Å². The predicted molar refractivity (Wildman–Crippen MR) is 111 cm³/mol. The molecule has 1 saturated heterocycles. The van der Waals surface area contributed by atoms with Gasteiger partial charge in [0.2, 0.25) is 5.91 Å². The average molecular weight is 380 g/mol. The first kappa shape index (κ1) is 19.1. The number of nitrogens with two attached hydrogens (primary N) is 1. The van der Waals surface area contributed by atoms with Crippen LogP contribution in [-0.4, -0.2) is 43.7 Å². The van der Waals surface area contributed by atoms with E-state index in [9.17, 15) is 4.79 Å². The predicted octanol–water partition coefficient (Wildman–Crippen LogP) is 3.08. The lowest BCUT2D eigenvalue weighted by Crippen LogP contribution is -2.37. The van der Waals surface area contributed by atoms with Gasteiger partial charge in [0.15, 0.2) is 0 Å². The molecule has 1 atom stereocenters. The van der Waals surface area contributed by atoms with Crippen molar-refractivity contribution in [2.75, 3.05) is 38.2 Å². The molecule has 1 amide bonds. The zero-order valence-corrected chi connectivity index (χ0v) is 16.3. The fourth-order valence-corrected chi connectivity index (χ4v) is 3.97. The first-order valence-electron chi connectivity index (χ1n) is 10.2. The maximum Gasteiger partial charge on any atom is 0.245 e. The molecular weight excluding hydrogens is 350 g/mol. The molecule has 1 unspecified atom stereocenters. The molecule has 2 aromatic rings. The summed E-state index contributed by atoms with van der Waals surface area (Å²) in [6.45, 7) is 4.93. The van der Waals surface area contributed by atoms with E-state index in [1.54, 1.807) is 0 Å². The Morgan fingerprint density at radius 1 is 1.07 bits per heavy atom. The van der Waals surface area contributed by atoms with E-state index < -0.39 is 6.04 Å². The standard InChI is InChI=1S/C23H29N3O2/c24-21(18-4-2-1-3-5-18)22(27)25-20-8-6-19(7-9-20)23(10-11-23)12-13-26-14-16-28-17-15-26/h1-9,21H,10-17,24H2,(H,25,27). The maximum atomic E-state index is 12.4. The number of amides is 1. The maximum absolute atomic E-state index is 12.4. The Balaban J connectivity index is 1.34. The van der Waals surface area contributed by atoms with E-state index in [0.29, 0.717) is 5.41 Å². The third-order valence-electron chi connectivity index (χ3n) is 6.07. The Morgan fingerprint density at radius 2 is 1.75 bits per heavy atom. The molecule has 0 aromatic heterocycles. The van der Waals surface area contributed by atoms with Crippen molar-refractivity contribution in [1.29, 1.82) is 0 Å². The molecule has 2 fully saturated rings. The van der Waals surface area contributed by atoms with E-state index in [1.165, 1.54) is 24.8 Å². The fourth-order valence-electron chi connectivity index (χ4n) is 3.97. The molecule has 0 bridgehead atoms. The molecule has 1 saturated carbocycles. The third-order valence-corrected chi connectivity index (χ3v) is 6.07. The third kappa shape index (κ3) is 4.43. The largest absolute Gasteiger partial charge is 0.379 e. The summed E-state index contributed by atoms with van der Waals surface area (Å²) in [6, 6.07) is 17.1. The van der Waals surface area contributed by atoms with E-state index in [1.807, 2.05) is 42.5 Å². The molecular formula is C23H29N3O2. The van der Waals surface area contributed by atoms with Crippen molar-refractivity contribution in [2.24, 2.45) is 5.73 Å². The van der Waals surface area contributed by atoms with Gasteiger partial charge in [0.05, 0.1) is 13.2 Å². The first-order valence-corrected chi connectivity index (χ1v) is 10.2. The van der Waals surface area contributed by atoms with Crippen LogP contribution in [-0.2, 0) is 14.9 Å². The molecule has 4 rings (SSSR count). The molecule has 148 valence electrons. The summed E-state index contributed by atoms with van der Waals surface area (Å²) in [5, 5.41) is 2.94. The van der Waals surface area contributed by atoms with Crippen molar-refractivity contribution < 1.29 is 9.53 Å². The minimum Gasteiger partial charge on any atom is -0.379 e. The van der Waals surface area contributed by atoms with Crippen LogP contribution in [0.2, 0.25) is 0 Å². The highest BCUT2D eigenvalue weighted by molar-refractivity contribution is 5.95. The van der Waals surface area contributed by atoms with Crippen LogP contribution in [0.25, 0.3) is 0 Å². The second-order valence-corrected chi connectivity index (χ2v) is 7.94. The number of benzene rings is 2. The SMILES string of the molecule is NC(C(=O)Nc1ccc(C2(CCN3CCOCC3)CC2)cc1)c1ccccc1. The summed E-state index contributed by atoms with van der Waals surface area (Å²) in [5.74, 6) is -0.188. The van der Waals surface area contributed by atoms with Crippen molar-refractivity contribution in [3.8, 4) is 0 Å². The van der Waals surface area contributed by atoms with Gasteiger partial charge in [0, 0.05) is 18.8 Å². The summed E-state index contributed by atoms with van der Waals surface area (Å²) in [6.07, 6.45) is 3.70. The molecule has 5 heteroatoms. The molecule has 28 heavy (non-hydrogen) atoms. The van der Waals surface area contributed by atoms with Crippen molar-refractivity contribution in [1.82, 2.24) is 4.90 Å². The highest BCUT2D eigenvalue weighted by Gasteiger charge is 2.43. The van der Waals surface area contributed by atoms with Crippen LogP contribution in [0.3, 0.4) is 0 Å². The van der Waals surface area contributed by atoms with Gasteiger partial charge in [-0.1, -0.05) is 42.5 Å². The summed E-state index contributed by atoms with van der Waals surface area (Å²) in [5.41, 5.74) is 9.39. The topological polar surface area (TPSA) is 67.6 Å². The van der Waals surface area contributed by atoms with Gasteiger partial charge < -0.3 is 15.8 Å². The van der Waals surface area contributed by atoms with Gasteiger partial charge in [-0.25, -0.2) is 0 Å². The van der Waals surface area contributed by atoms with Crippen LogP contribution in [0.15, 0.2) is 54.6 Å². The Bertz CT molecular complexity index is 781. The lowest BCUT2D eigenvalue weighted by Gasteiger charge is -2.28. The molecule has 2 aromatic carbocycles. The van der Waals surface area contributed by atoms with Crippen molar-refractivity contribution >= 4 is 11.6 Å². The van der Waals surface area contributed by atoms with Crippen LogP contribution in [0, 0.1) is 0 Å². The zero-order valence-electron chi connectivity index (χ0n) is 16.3. The van der Waals surface area contributed by atoms with Gasteiger partial charge in [0.1, 0.15) is 6.04 Å². The molecule has 5 nitrogen and oxygen atoms in total. The van der Waals surface area contributed by atoms with Crippen molar-refractivity contribution in [2.45, 2.75) is 30.7 Å². The number of ether oxygens (including phenoxy) is 1. The summed E-state index contributed by atoms with van der Waals surface area (Å²) in [7, 11) is 0. The van der Waals surface area contributed by atoms with E-state index in [0.717, 1.165) is 44.1 Å². The normalized spacial score (nSPS) is 19.8. The van der Waals surface area contributed by atoms with Gasteiger partial charge in [-0.2, -0.15) is 0 Å². The van der Waals surface area contributed by atoms with E-state index >= 15 is 0 Å². The number of morpholine rings is 1. The highest BCUT2D eigenvalue weighted by Crippen LogP contribution is 2.51. The van der Waals surface area contributed by atoms with Gasteiger partial charge in [-0.05, 0) is 54.5 Å². The Hall–Kier alpha value is -2.21. The first-order chi connectivity index (χ1) is 13.7. The lowest BCUT2D eigenvalue weighted by atomic mass is 9.92. The number of hydrogen-bond acceptors (Lipinski definition) is 4. The molecule has 0 spiro atoms. The number of hydrogen-bond donors (Lipinski definition) is 2. The molecule has 3 N–H and O–H groups in total. The summed E-state index contributed by atoms with van der Waals surface area (Å²) >= 11 is 0. The molecule has 1 aliphatic carbocycles. The van der Waals surface area contributed by atoms with Crippen LogP contribution in [0.5, 0.6) is 0 Å². The minimum atomic E-state index is -0.663. The van der Waals surface area contributed by atoms with Crippen molar-refractivity contribution in [3.63, 3.8) is 0 Å². The Morgan fingerprint density at radius 3 is 2.39 bits per heavy atom. The quantitative estimate of drug-likeness (QED) is 0.776. The molecule has 1 heterocycles. The van der Waals surface area contributed by atoms with Gasteiger partial charge in [0.25, 0.3) is 0 Å². The van der Waals surface area contributed by atoms with Gasteiger partial charge >= 0.3 is 0 Å². The van der Waals surface area contributed by atoms with Crippen LogP contribution in [0.4, 0.5) is 5.69 Å². The smallest absolute Gasteiger partial charge is 0.245 e. The Kier molecular flexibility index (Phi) is 5.76. The second kappa shape index (κ2) is 8.43. The lowest BCUT2D eigenvalue weighted by molar-refractivity contribution is -0.117. The van der Waals surface area contributed by atoms with E-state index in [4.69, 9.17) is 10.5 Å². The second-order valence-electron chi connectivity index (χ2n) is 7.94. The number of carbonyl (C=O) groups is 1. The number of anilines is 1. The zero-order chi connectivity index (χ0) is 19.4. The summed E-state index contributed by atoms with van der Waals surface area (Å²) in [4.78, 5) is 14.9. The number of nitrogens with one attached hydrogen (secondary N) is 1.